The van der Waals surface area contributed by atoms with E-state index in [2.05, 4.69) is 0 Å². The van der Waals surface area contributed by atoms with Crippen LogP contribution < -0.4 is 118 Å². The third kappa shape index (κ3) is 34.7. The maximum atomic E-state index is 10.3. The largest absolute Gasteiger partial charge is 1.00 e. The average molecular weight is 864 g/mol. The molecule has 0 fully saturated rings. The summed E-state index contributed by atoms with van der Waals surface area (Å²) >= 11 is 0. The number of aliphatic hydroxyl groups is 4. The Balaban J connectivity index is -0.0000000490. The van der Waals surface area contributed by atoms with Gasteiger partial charge in [-0.25, -0.2) is 19.2 Å². The predicted molar refractivity (Wildman–Crippen MR) is 153 cm³/mol. The monoisotopic (exact) mass is 864 g/mol. The van der Waals surface area contributed by atoms with Crippen LogP contribution in [0.3, 0.4) is 0 Å². The molecule has 0 saturated carbocycles. The van der Waals surface area contributed by atoms with Crippen molar-refractivity contribution in [1.82, 2.24) is 0 Å². The normalized spacial score (nSPS) is 10.1. The maximum absolute atomic E-state index is 10.3. The topological polar surface area (TPSA) is 529 Å². The molecule has 304 valence electrons. The molecule has 0 saturated heterocycles. The molecule has 0 rings (SSSR count). The third-order valence-electron chi connectivity index (χ3n) is 5.14. The predicted octanol–water partition coefficient (Wildman–Crippen LogP) is -16.5. The SMILES string of the molecule is O=C(O)CC(O)(CC(=O)O)C(=O)O.O=C(O)CC(O)(CC(=O)O)C(=O)O.O=C(O)CC(O)(CC(=O)O)C(=O)O.O=C(O)CC(O)(CC(=O)O)C(=O)O.[H-].[H-].[H-].[H-].[Na+].[Na+].[Na+].[Na+]. The molecule has 0 spiro atoms. The van der Waals surface area contributed by atoms with Crippen molar-refractivity contribution in [3.8, 4) is 0 Å². The standard InChI is InChI=1S/4C6H8O7.4Na.4H/c4*7-3(8)1-6(13,5(11)12)2-4(9)10;;;;;;;;/h4*13H,1-2H2,(H,7,8)(H,9,10)(H,11,12);;;;;;;;/q;;;;4*+1;4*-1. The van der Waals surface area contributed by atoms with Crippen molar-refractivity contribution in [2.75, 3.05) is 0 Å². The molecule has 0 atom stereocenters. The summed E-state index contributed by atoms with van der Waals surface area (Å²) in [5, 5.41) is 135. The Kier molecular flexibility index (Phi) is 41.2. The summed E-state index contributed by atoms with van der Waals surface area (Å²) in [6.45, 7) is 0. The van der Waals surface area contributed by atoms with Gasteiger partial charge in [0.1, 0.15) is 0 Å². The van der Waals surface area contributed by atoms with Gasteiger partial charge in [0.25, 0.3) is 0 Å². The zero-order valence-electron chi connectivity index (χ0n) is 33.7. The summed E-state index contributed by atoms with van der Waals surface area (Å²) in [5.41, 5.74) is -11.0. The molecule has 0 aromatic heterocycles. The van der Waals surface area contributed by atoms with Crippen LogP contribution in [0.25, 0.3) is 0 Å². The fourth-order valence-electron chi connectivity index (χ4n) is 2.86. The number of carbonyl (C=O) groups is 12. The number of rotatable bonds is 20. The zero-order chi connectivity index (χ0) is 42.6. The van der Waals surface area contributed by atoms with Crippen LogP contribution in [-0.4, -0.2) is 176 Å². The molecule has 0 aliphatic heterocycles. The molecular formula is C24H36Na4O28. The Hall–Kier alpha value is -2.52. The van der Waals surface area contributed by atoms with E-state index in [-0.39, 0.29) is 124 Å². The molecule has 32 heteroatoms. The van der Waals surface area contributed by atoms with Gasteiger partial charge in [-0.3, -0.25) is 38.4 Å². The summed E-state index contributed by atoms with van der Waals surface area (Å²) in [6.07, 6.45) is -9.15. The van der Waals surface area contributed by atoms with Crippen molar-refractivity contribution in [3.05, 3.63) is 0 Å². The van der Waals surface area contributed by atoms with Gasteiger partial charge in [-0.05, 0) is 0 Å². The molecule has 0 aromatic rings. The molecule has 0 heterocycles. The van der Waals surface area contributed by atoms with Crippen LogP contribution >= 0.6 is 0 Å². The fraction of sp³-hybridized carbons (Fsp3) is 0.500. The van der Waals surface area contributed by atoms with E-state index >= 15 is 0 Å². The molecule has 28 nitrogen and oxygen atoms in total. The second kappa shape index (κ2) is 32.4. The Morgan fingerprint density at radius 2 is 0.321 bits per heavy atom. The van der Waals surface area contributed by atoms with Crippen LogP contribution in [0.4, 0.5) is 0 Å². The van der Waals surface area contributed by atoms with Crippen molar-refractivity contribution in [3.63, 3.8) is 0 Å². The first-order chi connectivity index (χ1) is 23.1. The van der Waals surface area contributed by atoms with E-state index in [4.69, 9.17) is 81.7 Å². The molecule has 16 N–H and O–H groups in total. The minimum Gasteiger partial charge on any atom is -1.00 e. The molecule has 0 unspecified atom stereocenters. The van der Waals surface area contributed by atoms with Crippen LogP contribution in [0.5, 0.6) is 0 Å². The summed E-state index contributed by atoms with van der Waals surface area (Å²) in [4.78, 5) is 122. The van der Waals surface area contributed by atoms with Gasteiger partial charge < -0.3 is 87.4 Å². The van der Waals surface area contributed by atoms with E-state index in [0.29, 0.717) is 0 Å². The Labute approximate surface area is 404 Å². The Morgan fingerprint density at radius 3 is 0.357 bits per heavy atom. The summed E-state index contributed by atoms with van der Waals surface area (Å²) in [5.74, 6) is -20.1. The van der Waals surface area contributed by atoms with Crippen molar-refractivity contribution >= 4 is 71.6 Å². The van der Waals surface area contributed by atoms with Gasteiger partial charge in [-0.2, -0.15) is 0 Å². The van der Waals surface area contributed by atoms with Crippen LogP contribution in [0, 0.1) is 0 Å². The van der Waals surface area contributed by atoms with E-state index in [1.54, 1.807) is 0 Å². The van der Waals surface area contributed by atoms with Gasteiger partial charge in [0.15, 0.2) is 22.4 Å². The maximum Gasteiger partial charge on any atom is 1.00 e. The van der Waals surface area contributed by atoms with E-state index in [0.717, 1.165) is 0 Å². The van der Waals surface area contributed by atoms with Gasteiger partial charge in [0.2, 0.25) is 0 Å². The molecule has 0 aliphatic carbocycles. The second-order valence-corrected chi connectivity index (χ2v) is 9.91. The molecule has 0 amide bonds. The second-order valence-electron chi connectivity index (χ2n) is 9.91. The smallest absolute Gasteiger partial charge is 1.00 e. The number of hydrogen-bond donors (Lipinski definition) is 16. The summed E-state index contributed by atoms with van der Waals surface area (Å²) < 4.78 is 0. The number of hydrogen-bond acceptors (Lipinski definition) is 16. The Bertz CT molecular complexity index is 1160. The molecule has 0 radical (unpaired) electrons. The van der Waals surface area contributed by atoms with Gasteiger partial charge in [0, 0.05) is 0 Å². The molecule has 0 aliphatic rings. The third-order valence-corrected chi connectivity index (χ3v) is 5.14. The van der Waals surface area contributed by atoms with E-state index in [1.165, 1.54) is 0 Å². The minimum absolute atomic E-state index is 0. The first kappa shape index (κ1) is 71.2. The number of carboxylic acid groups (broad SMARTS) is 12. The van der Waals surface area contributed by atoms with Crippen LogP contribution in [0.2, 0.25) is 0 Å². The average Bonchev–Trinajstić information content (AvgIpc) is 2.85. The van der Waals surface area contributed by atoms with E-state index in [9.17, 15) is 57.5 Å². The molecule has 0 aromatic carbocycles. The first-order valence-electron chi connectivity index (χ1n) is 12.7. The van der Waals surface area contributed by atoms with Crippen LogP contribution in [0.1, 0.15) is 57.1 Å². The van der Waals surface area contributed by atoms with Crippen molar-refractivity contribution in [2.45, 2.75) is 73.8 Å². The fourth-order valence-corrected chi connectivity index (χ4v) is 2.86. The van der Waals surface area contributed by atoms with Gasteiger partial charge >= 0.3 is 190 Å². The first-order valence-corrected chi connectivity index (χ1v) is 12.7. The van der Waals surface area contributed by atoms with Gasteiger partial charge in [0.05, 0.1) is 51.4 Å². The quantitative estimate of drug-likeness (QED) is 0.0505. The van der Waals surface area contributed by atoms with E-state index < -0.39 is 145 Å². The molecule has 0 bridgehead atoms. The van der Waals surface area contributed by atoms with Crippen molar-refractivity contribution in [1.29, 1.82) is 0 Å². The zero-order valence-corrected chi connectivity index (χ0v) is 37.7. The molecule has 56 heavy (non-hydrogen) atoms. The van der Waals surface area contributed by atoms with Gasteiger partial charge in [-0.1, -0.05) is 0 Å². The van der Waals surface area contributed by atoms with Crippen LogP contribution in [0.15, 0.2) is 0 Å². The molecular weight excluding hydrogens is 828 g/mol. The van der Waals surface area contributed by atoms with E-state index in [1.807, 2.05) is 0 Å². The van der Waals surface area contributed by atoms with Crippen molar-refractivity contribution < 1.29 is 263 Å². The number of carboxylic acids is 12. The van der Waals surface area contributed by atoms with Crippen molar-refractivity contribution in [2.24, 2.45) is 0 Å². The summed E-state index contributed by atoms with van der Waals surface area (Å²) in [7, 11) is 0. The summed E-state index contributed by atoms with van der Waals surface area (Å²) in [6, 6.07) is 0. The number of aliphatic carboxylic acids is 12. The Morgan fingerprint density at radius 1 is 0.250 bits per heavy atom. The minimum atomic E-state index is -2.74. The van der Waals surface area contributed by atoms with Gasteiger partial charge in [-0.15, -0.1) is 0 Å². The van der Waals surface area contributed by atoms with Crippen LogP contribution in [-0.2, 0) is 57.5 Å².